The fourth-order valence-electron chi connectivity index (χ4n) is 3.06. The summed E-state index contributed by atoms with van der Waals surface area (Å²) in [5, 5.41) is 10.3. The Morgan fingerprint density at radius 3 is 2.31 bits per heavy atom. The fourth-order valence-corrected chi connectivity index (χ4v) is 4.47. The second-order valence-electron chi connectivity index (χ2n) is 7.26. The van der Waals surface area contributed by atoms with Crippen LogP contribution in [0.15, 0.2) is 65.0 Å². The number of hydrogen-bond donors (Lipinski definition) is 4. The van der Waals surface area contributed by atoms with Crippen molar-refractivity contribution < 1.29 is 21.4 Å². The first-order valence-corrected chi connectivity index (χ1v) is 10.8. The van der Waals surface area contributed by atoms with E-state index in [0.717, 1.165) is 12.1 Å². The van der Waals surface area contributed by atoms with Gasteiger partial charge in [-0.25, -0.2) is 8.78 Å². The van der Waals surface area contributed by atoms with Crippen LogP contribution >= 0.6 is 0 Å². The molecule has 0 radical (unpaired) electrons. The fraction of sp³-hybridized carbons (Fsp3) is 0.200. The predicted molar refractivity (Wildman–Crippen MR) is 114 cm³/mol. The van der Waals surface area contributed by atoms with Crippen molar-refractivity contribution in [3.63, 3.8) is 0 Å². The van der Waals surface area contributed by atoms with E-state index >= 15 is 0 Å². The summed E-state index contributed by atoms with van der Waals surface area (Å²) in [6.45, 7) is 3.47. The van der Waals surface area contributed by atoms with Gasteiger partial charge in [0.15, 0.2) is 5.03 Å². The molecule has 0 aliphatic carbocycles. The topological polar surface area (TPSA) is 147 Å². The molecule has 1 aliphatic heterocycles. The Labute approximate surface area is 184 Å². The molecule has 0 fully saturated rings. The van der Waals surface area contributed by atoms with Gasteiger partial charge in [-0.2, -0.15) is 8.42 Å². The van der Waals surface area contributed by atoms with Crippen LogP contribution in [0.25, 0.3) is 0 Å². The molecule has 1 aromatic carbocycles. The van der Waals surface area contributed by atoms with Crippen LogP contribution in [0.4, 0.5) is 8.78 Å². The van der Waals surface area contributed by atoms with E-state index in [4.69, 9.17) is 21.1 Å². The van der Waals surface area contributed by atoms with E-state index < -0.39 is 33.3 Å². The third kappa shape index (κ3) is 4.80. The van der Waals surface area contributed by atoms with E-state index in [2.05, 4.69) is 10.3 Å². The van der Waals surface area contributed by atoms with Crippen LogP contribution < -0.4 is 21.0 Å². The van der Waals surface area contributed by atoms with Crippen LogP contribution in [0.5, 0.6) is 5.75 Å². The summed E-state index contributed by atoms with van der Waals surface area (Å²) in [6, 6.07) is 5.45. The molecule has 2 aromatic rings. The van der Waals surface area contributed by atoms with E-state index in [0.29, 0.717) is 11.6 Å². The van der Waals surface area contributed by atoms with Gasteiger partial charge in [0.1, 0.15) is 34.7 Å². The molecule has 32 heavy (non-hydrogen) atoms. The summed E-state index contributed by atoms with van der Waals surface area (Å²) in [5.74, 6) is -3.27. The smallest absolute Gasteiger partial charge is 0.356 e. The Morgan fingerprint density at radius 1 is 1.19 bits per heavy atom. The Kier molecular flexibility index (Phi) is 6.35. The minimum atomic E-state index is -4.61. The average molecular weight is 464 g/mol. The highest BCUT2D eigenvalue weighted by atomic mass is 32.2. The van der Waals surface area contributed by atoms with E-state index in [9.17, 15) is 17.2 Å². The average Bonchev–Trinajstić information content (AvgIpc) is 3.07. The molecule has 0 unspecified atom stereocenters. The van der Waals surface area contributed by atoms with Gasteiger partial charge < -0.3 is 25.9 Å². The van der Waals surface area contributed by atoms with Crippen LogP contribution in [0, 0.1) is 23.0 Å². The highest BCUT2D eigenvalue weighted by molar-refractivity contribution is 7.91. The molecule has 2 heterocycles. The summed E-state index contributed by atoms with van der Waals surface area (Å²) >= 11 is 0. The van der Waals surface area contributed by atoms with Gasteiger partial charge in [0.05, 0.1) is 12.2 Å². The van der Waals surface area contributed by atoms with Crippen LogP contribution in [-0.2, 0) is 16.7 Å². The van der Waals surface area contributed by atoms with Crippen molar-refractivity contribution in [3.8, 4) is 5.75 Å². The summed E-state index contributed by atoms with van der Waals surface area (Å²) < 4.78 is 58.9. The molecule has 0 atom stereocenters. The van der Waals surface area contributed by atoms with Crippen LogP contribution in [0.3, 0.4) is 0 Å². The second kappa shape index (κ2) is 8.83. The quantitative estimate of drug-likeness (QED) is 0.277. The van der Waals surface area contributed by atoms with Gasteiger partial charge in [0, 0.05) is 30.6 Å². The number of aromatic nitrogens is 1. The standard InChI is InChI=1S/C20H22F2N6O3S/c1-11(2)17-20(32(29,30)31-15-8-13(21)7-14(22)9-15)28(10-12-3-5-26-6-4-12)19(27-17)16(23)18(24)25/h3-9,11,27H,10,23H2,1-2H3,(H3,24,25). The first-order valence-electron chi connectivity index (χ1n) is 9.42. The van der Waals surface area contributed by atoms with Crippen LogP contribution in [0.2, 0.25) is 0 Å². The Hall–Kier alpha value is -3.67. The van der Waals surface area contributed by atoms with Gasteiger partial charge in [0.2, 0.25) is 0 Å². The number of nitrogens with zero attached hydrogens (tertiary/aromatic N) is 2. The Balaban J connectivity index is 2.15. The normalized spacial score (nSPS) is 15.7. The predicted octanol–water partition coefficient (Wildman–Crippen LogP) is 2.06. The van der Waals surface area contributed by atoms with E-state index in [-0.39, 0.29) is 34.7 Å². The third-order valence-corrected chi connectivity index (χ3v) is 5.82. The molecule has 170 valence electrons. The summed E-state index contributed by atoms with van der Waals surface area (Å²) in [4.78, 5) is 5.23. The van der Waals surface area contributed by atoms with Gasteiger partial charge in [-0.05, 0) is 23.6 Å². The van der Waals surface area contributed by atoms with Gasteiger partial charge >= 0.3 is 10.1 Å². The van der Waals surface area contributed by atoms with Crippen LogP contribution in [0.1, 0.15) is 19.4 Å². The van der Waals surface area contributed by atoms with Gasteiger partial charge in [-0.15, -0.1) is 0 Å². The number of halogens is 2. The molecule has 6 N–H and O–H groups in total. The minimum Gasteiger partial charge on any atom is -0.393 e. The number of allylic oxidation sites excluding steroid dienone is 1. The molecule has 0 saturated carbocycles. The number of nitrogens with two attached hydrogens (primary N) is 2. The highest BCUT2D eigenvalue weighted by Crippen LogP contribution is 2.35. The van der Waals surface area contributed by atoms with E-state index in [1.807, 2.05) is 0 Å². The molecule has 9 nitrogen and oxygen atoms in total. The summed E-state index contributed by atoms with van der Waals surface area (Å²) in [7, 11) is -4.61. The molecule has 0 spiro atoms. The molecule has 1 aromatic heterocycles. The maximum atomic E-state index is 13.6. The zero-order valence-electron chi connectivity index (χ0n) is 17.3. The zero-order valence-corrected chi connectivity index (χ0v) is 18.1. The van der Waals surface area contributed by atoms with Crippen LogP contribution in [-0.4, -0.2) is 24.1 Å². The summed E-state index contributed by atoms with van der Waals surface area (Å²) in [5.41, 5.74) is 12.2. The lowest BCUT2D eigenvalue weighted by Crippen LogP contribution is -2.33. The van der Waals surface area contributed by atoms with Crippen molar-refractivity contribution in [1.82, 2.24) is 15.2 Å². The lowest BCUT2D eigenvalue weighted by Gasteiger charge is -2.24. The van der Waals surface area contributed by atoms with Gasteiger partial charge in [-0.3, -0.25) is 10.4 Å². The van der Waals surface area contributed by atoms with Crippen molar-refractivity contribution in [2.45, 2.75) is 20.4 Å². The zero-order chi connectivity index (χ0) is 23.6. The first kappa shape index (κ1) is 23.0. The van der Waals surface area contributed by atoms with Crippen molar-refractivity contribution in [1.29, 1.82) is 5.41 Å². The molecule has 12 heteroatoms. The highest BCUT2D eigenvalue weighted by Gasteiger charge is 2.40. The Morgan fingerprint density at radius 2 is 1.78 bits per heavy atom. The molecule has 0 bridgehead atoms. The first-order chi connectivity index (χ1) is 15.0. The van der Waals surface area contributed by atoms with E-state index in [1.165, 1.54) is 17.3 Å². The molecule has 0 saturated heterocycles. The van der Waals surface area contributed by atoms with Gasteiger partial charge in [0.25, 0.3) is 0 Å². The number of pyridine rings is 1. The number of benzene rings is 1. The summed E-state index contributed by atoms with van der Waals surface area (Å²) in [6.07, 6.45) is 3.06. The SMILES string of the molecule is CC(C)C1=C(S(=O)(=O)Oc2cc(F)cc(F)c2)N(Cc2ccncc2)C(=C(N)C(=N)N)N1. The van der Waals surface area contributed by atoms with Crippen molar-refractivity contribution in [3.05, 3.63) is 82.2 Å². The number of hydrogen-bond acceptors (Lipinski definition) is 8. The monoisotopic (exact) mass is 464 g/mol. The Bertz CT molecular complexity index is 1190. The number of rotatable bonds is 7. The number of amidine groups is 1. The second-order valence-corrected chi connectivity index (χ2v) is 8.72. The number of nitrogens with one attached hydrogen (secondary N) is 2. The largest absolute Gasteiger partial charge is 0.393 e. The van der Waals surface area contributed by atoms with Gasteiger partial charge in [-0.1, -0.05) is 13.8 Å². The molecule has 3 rings (SSSR count). The lowest BCUT2D eigenvalue weighted by atomic mass is 10.1. The van der Waals surface area contributed by atoms with Crippen molar-refractivity contribution in [2.75, 3.05) is 0 Å². The van der Waals surface area contributed by atoms with Crippen molar-refractivity contribution >= 4 is 16.0 Å². The molecular weight excluding hydrogens is 442 g/mol. The van der Waals surface area contributed by atoms with E-state index in [1.54, 1.807) is 26.0 Å². The minimum absolute atomic E-state index is 0.00445. The third-order valence-electron chi connectivity index (χ3n) is 4.49. The van der Waals surface area contributed by atoms with Crippen molar-refractivity contribution in [2.24, 2.45) is 17.4 Å². The lowest BCUT2D eigenvalue weighted by molar-refractivity contribution is 0.417. The maximum Gasteiger partial charge on any atom is 0.356 e. The molecule has 1 aliphatic rings. The molecular formula is C20H22F2N6O3S. The molecule has 0 amide bonds. The maximum absolute atomic E-state index is 13.6.